The standard InChI is InChI=1S/C13H16N2O3S2/c1-10-9-19-12(8-16)13(10)20(17,18)15(2)7-11-4-3-5-14-6-11/h3-6,9,16H,7-8H2,1-2H3. The van der Waals surface area contributed by atoms with Crippen molar-refractivity contribution in [2.24, 2.45) is 0 Å². The molecule has 0 atom stereocenters. The number of hydrogen-bond donors (Lipinski definition) is 1. The summed E-state index contributed by atoms with van der Waals surface area (Å²) >= 11 is 1.26. The van der Waals surface area contributed by atoms with E-state index in [0.717, 1.165) is 5.56 Å². The lowest BCUT2D eigenvalue weighted by Crippen LogP contribution is -2.27. The number of thiophene rings is 1. The number of pyridine rings is 1. The van der Waals surface area contributed by atoms with Crippen LogP contribution < -0.4 is 0 Å². The molecule has 0 aliphatic heterocycles. The van der Waals surface area contributed by atoms with Crippen LogP contribution in [0.25, 0.3) is 0 Å². The van der Waals surface area contributed by atoms with Crippen molar-refractivity contribution in [3.05, 3.63) is 45.9 Å². The Bertz CT molecular complexity index is 681. The van der Waals surface area contributed by atoms with Crippen LogP contribution in [-0.2, 0) is 23.2 Å². The molecule has 0 unspecified atom stereocenters. The zero-order valence-corrected chi connectivity index (χ0v) is 12.9. The zero-order valence-electron chi connectivity index (χ0n) is 11.3. The van der Waals surface area contributed by atoms with Crippen LogP contribution in [-0.4, -0.2) is 29.9 Å². The van der Waals surface area contributed by atoms with Gasteiger partial charge in [-0.25, -0.2) is 8.42 Å². The second-order valence-corrected chi connectivity index (χ2v) is 7.40. The van der Waals surface area contributed by atoms with E-state index in [-0.39, 0.29) is 18.0 Å². The number of aliphatic hydroxyl groups excluding tert-OH is 1. The van der Waals surface area contributed by atoms with Crippen LogP contribution >= 0.6 is 11.3 Å². The van der Waals surface area contributed by atoms with Gasteiger partial charge >= 0.3 is 0 Å². The molecule has 20 heavy (non-hydrogen) atoms. The van der Waals surface area contributed by atoms with Gasteiger partial charge in [0.2, 0.25) is 10.0 Å². The van der Waals surface area contributed by atoms with E-state index in [9.17, 15) is 13.5 Å². The third-order valence-corrected chi connectivity index (χ3v) is 6.18. The molecule has 2 heterocycles. The monoisotopic (exact) mass is 312 g/mol. The van der Waals surface area contributed by atoms with Gasteiger partial charge in [0.15, 0.2) is 0 Å². The van der Waals surface area contributed by atoms with Crippen LogP contribution in [0, 0.1) is 6.92 Å². The first-order valence-electron chi connectivity index (χ1n) is 6.00. The van der Waals surface area contributed by atoms with Crippen LogP contribution in [0.15, 0.2) is 34.8 Å². The molecule has 5 nitrogen and oxygen atoms in total. The van der Waals surface area contributed by atoms with Gasteiger partial charge in [-0.3, -0.25) is 4.98 Å². The lowest BCUT2D eigenvalue weighted by Gasteiger charge is -2.18. The first-order valence-corrected chi connectivity index (χ1v) is 8.32. The molecule has 1 N–H and O–H groups in total. The molecule has 0 spiro atoms. The largest absolute Gasteiger partial charge is 0.391 e. The Labute approximate surface area is 122 Å². The highest BCUT2D eigenvalue weighted by Crippen LogP contribution is 2.29. The average molecular weight is 312 g/mol. The molecular formula is C13H16N2O3S2. The second kappa shape index (κ2) is 6.01. The van der Waals surface area contributed by atoms with Gasteiger partial charge in [0.1, 0.15) is 4.90 Å². The summed E-state index contributed by atoms with van der Waals surface area (Å²) in [6, 6.07) is 3.59. The van der Waals surface area contributed by atoms with E-state index in [1.807, 2.05) is 6.07 Å². The van der Waals surface area contributed by atoms with Crippen molar-refractivity contribution < 1.29 is 13.5 Å². The molecule has 0 fully saturated rings. The molecule has 0 bridgehead atoms. The lowest BCUT2D eigenvalue weighted by molar-refractivity contribution is 0.282. The van der Waals surface area contributed by atoms with Gasteiger partial charge in [-0.05, 0) is 29.5 Å². The first kappa shape index (κ1) is 15.1. The maximum Gasteiger partial charge on any atom is 0.244 e. The molecule has 0 saturated heterocycles. The van der Waals surface area contributed by atoms with Crippen molar-refractivity contribution in [3.8, 4) is 0 Å². The predicted molar refractivity (Wildman–Crippen MR) is 77.9 cm³/mol. The summed E-state index contributed by atoms with van der Waals surface area (Å²) < 4.78 is 26.5. The van der Waals surface area contributed by atoms with Crippen molar-refractivity contribution in [2.45, 2.75) is 25.0 Å². The summed E-state index contributed by atoms with van der Waals surface area (Å²) in [6.45, 7) is 1.71. The molecule has 0 saturated carbocycles. The normalized spacial score (nSPS) is 12.0. The molecule has 0 aromatic carbocycles. The third kappa shape index (κ3) is 2.90. The van der Waals surface area contributed by atoms with Crippen molar-refractivity contribution in [2.75, 3.05) is 7.05 Å². The second-order valence-electron chi connectivity index (χ2n) is 4.45. The van der Waals surface area contributed by atoms with Crippen LogP contribution in [0.2, 0.25) is 0 Å². The predicted octanol–water partition coefficient (Wildman–Crippen LogP) is 1.76. The van der Waals surface area contributed by atoms with Crippen LogP contribution in [0.5, 0.6) is 0 Å². The van der Waals surface area contributed by atoms with E-state index in [1.54, 1.807) is 30.8 Å². The van der Waals surface area contributed by atoms with Gasteiger partial charge in [-0.15, -0.1) is 11.3 Å². The Morgan fingerprint density at radius 3 is 2.80 bits per heavy atom. The first-order chi connectivity index (χ1) is 9.46. The summed E-state index contributed by atoms with van der Waals surface area (Å²) in [6.07, 6.45) is 3.28. The molecule has 0 radical (unpaired) electrons. The van der Waals surface area contributed by atoms with Gasteiger partial charge in [0.25, 0.3) is 0 Å². The maximum absolute atomic E-state index is 12.6. The van der Waals surface area contributed by atoms with E-state index < -0.39 is 10.0 Å². The Hall–Kier alpha value is -1.28. The highest BCUT2D eigenvalue weighted by Gasteiger charge is 2.27. The topological polar surface area (TPSA) is 70.5 Å². The minimum absolute atomic E-state index is 0.219. The van der Waals surface area contributed by atoms with E-state index in [1.165, 1.54) is 22.7 Å². The van der Waals surface area contributed by atoms with Gasteiger partial charge in [0, 0.05) is 26.0 Å². The SMILES string of the molecule is Cc1csc(CO)c1S(=O)(=O)N(C)Cc1cccnc1. The minimum Gasteiger partial charge on any atom is -0.391 e. The van der Waals surface area contributed by atoms with Gasteiger partial charge in [-0.2, -0.15) is 4.31 Å². The lowest BCUT2D eigenvalue weighted by atomic mass is 10.3. The Morgan fingerprint density at radius 2 is 2.20 bits per heavy atom. The van der Waals surface area contributed by atoms with Crippen LogP contribution in [0.4, 0.5) is 0 Å². The number of nitrogens with zero attached hydrogens (tertiary/aromatic N) is 2. The van der Waals surface area contributed by atoms with Crippen molar-refractivity contribution >= 4 is 21.4 Å². The Morgan fingerprint density at radius 1 is 1.45 bits per heavy atom. The minimum atomic E-state index is -3.61. The number of hydrogen-bond acceptors (Lipinski definition) is 5. The molecule has 2 aromatic heterocycles. The fourth-order valence-corrected chi connectivity index (χ4v) is 4.70. The van der Waals surface area contributed by atoms with Crippen molar-refractivity contribution in [1.29, 1.82) is 0 Å². The van der Waals surface area contributed by atoms with Crippen molar-refractivity contribution in [1.82, 2.24) is 9.29 Å². The summed E-state index contributed by atoms with van der Waals surface area (Å²) in [5.74, 6) is 0. The number of aromatic nitrogens is 1. The summed E-state index contributed by atoms with van der Waals surface area (Å²) in [4.78, 5) is 4.67. The summed E-state index contributed by atoms with van der Waals surface area (Å²) in [7, 11) is -2.08. The van der Waals surface area contributed by atoms with Gasteiger partial charge < -0.3 is 5.11 Å². The fraction of sp³-hybridized carbons (Fsp3) is 0.308. The molecule has 0 aliphatic carbocycles. The van der Waals surface area contributed by atoms with Gasteiger partial charge in [0.05, 0.1) is 11.5 Å². The Balaban J connectivity index is 2.32. The number of sulfonamides is 1. The highest BCUT2D eigenvalue weighted by molar-refractivity contribution is 7.89. The molecular weight excluding hydrogens is 296 g/mol. The number of rotatable bonds is 5. The molecule has 2 aromatic rings. The van der Waals surface area contributed by atoms with E-state index in [0.29, 0.717) is 10.4 Å². The number of aryl methyl sites for hydroxylation is 1. The number of aliphatic hydroxyl groups is 1. The zero-order chi connectivity index (χ0) is 14.8. The van der Waals surface area contributed by atoms with E-state index in [2.05, 4.69) is 4.98 Å². The molecule has 2 rings (SSSR count). The van der Waals surface area contributed by atoms with Crippen LogP contribution in [0.3, 0.4) is 0 Å². The quantitative estimate of drug-likeness (QED) is 0.913. The molecule has 108 valence electrons. The molecule has 0 amide bonds. The highest BCUT2D eigenvalue weighted by atomic mass is 32.2. The van der Waals surface area contributed by atoms with Crippen LogP contribution in [0.1, 0.15) is 16.0 Å². The maximum atomic E-state index is 12.6. The molecule has 0 aliphatic rings. The average Bonchev–Trinajstić information content (AvgIpc) is 2.81. The third-order valence-electron chi connectivity index (χ3n) is 2.93. The van der Waals surface area contributed by atoms with E-state index in [4.69, 9.17) is 0 Å². The Kier molecular flexibility index (Phi) is 4.54. The fourth-order valence-electron chi connectivity index (χ4n) is 1.93. The smallest absolute Gasteiger partial charge is 0.244 e. The van der Waals surface area contributed by atoms with E-state index >= 15 is 0 Å². The summed E-state index contributed by atoms with van der Waals surface area (Å²) in [5, 5.41) is 11.0. The van der Waals surface area contributed by atoms with Crippen molar-refractivity contribution in [3.63, 3.8) is 0 Å². The van der Waals surface area contributed by atoms with Gasteiger partial charge in [-0.1, -0.05) is 6.07 Å². The molecule has 7 heteroatoms. The summed E-state index contributed by atoms with van der Waals surface area (Å²) in [5.41, 5.74) is 1.48.